The summed E-state index contributed by atoms with van der Waals surface area (Å²) in [5.74, 6) is -4.07. The molecule has 6 heteroatoms. The van der Waals surface area contributed by atoms with Crippen molar-refractivity contribution in [3.8, 4) is 6.07 Å². The van der Waals surface area contributed by atoms with Crippen LogP contribution in [0.25, 0.3) is 0 Å². The molecular formula is C14H8F4N2. The predicted molar refractivity (Wildman–Crippen MR) is 64.8 cm³/mol. The number of rotatable bonds is 3. The van der Waals surface area contributed by atoms with Crippen molar-refractivity contribution < 1.29 is 17.6 Å². The normalized spacial score (nSPS) is 10.2. The molecule has 0 aliphatic rings. The summed E-state index contributed by atoms with van der Waals surface area (Å²) in [5, 5.41) is 11.1. The standard InChI is InChI=1S/C14H8F4N2/c15-10-5-12(17)11(16)4-9(10)7-20-14-2-1-8(6-19)3-13(14)18/h1-5,20H,7H2. The molecule has 0 aromatic heterocycles. The van der Waals surface area contributed by atoms with Crippen LogP contribution >= 0.6 is 0 Å². The van der Waals surface area contributed by atoms with E-state index in [1.807, 2.05) is 0 Å². The average Bonchev–Trinajstić information content (AvgIpc) is 2.42. The summed E-state index contributed by atoms with van der Waals surface area (Å²) < 4.78 is 52.6. The van der Waals surface area contributed by atoms with Crippen LogP contribution in [0.15, 0.2) is 30.3 Å². The summed E-state index contributed by atoms with van der Waals surface area (Å²) in [5.41, 5.74) is 0.0489. The van der Waals surface area contributed by atoms with Gasteiger partial charge in [-0.3, -0.25) is 0 Å². The first-order valence-electron chi connectivity index (χ1n) is 5.58. The lowest BCUT2D eigenvalue weighted by Crippen LogP contribution is -2.05. The third kappa shape index (κ3) is 2.88. The predicted octanol–water partition coefficient (Wildman–Crippen LogP) is 3.73. The monoisotopic (exact) mass is 280 g/mol. The van der Waals surface area contributed by atoms with E-state index in [1.165, 1.54) is 12.1 Å². The van der Waals surface area contributed by atoms with Gasteiger partial charge in [0.2, 0.25) is 0 Å². The largest absolute Gasteiger partial charge is 0.378 e. The first-order chi connectivity index (χ1) is 9.51. The molecule has 0 bridgehead atoms. The average molecular weight is 280 g/mol. The summed E-state index contributed by atoms with van der Waals surface area (Å²) >= 11 is 0. The molecule has 0 amide bonds. The van der Waals surface area contributed by atoms with Gasteiger partial charge >= 0.3 is 0 Å². The van der Waals surface area contributed by atoms with Crippen LogP contribution in [0.3, 0.4) is 0 Å². The fourth-order valence-corrected chi connectivity index (χ4v) is 1.62. The molecule has 0 spiro atoms. The van der Waals surface area contributed by atoms with E-state index >= 15 is 0 Å². The van der Waals surface area contributed by atoms with E-state index < -0.39 is 23.3 Å². The molecule has 2 rings (SSSR count). The van der Waals surface area contributed by atoms with Crippen LogP contribution < -0.4 is 5.32 Å². The lowest BCUT2D eigenvalue weighted by molar-refractivity contribution is 0.490. The van der Waals surface area contributed by atoms with Gasteiger partial charge < -0.3 is 5.32 Å². The summed E-state index contributed by atoms with van der Waals surface area (Å²) in [7, 11) is 0. The molecule has 0 atom stereocenters. The van der Waals surface area contributed by atoms with Crippen molar-refractivity contribution in [2.75, 3.05) is 5.32 Å². The Morgan fingerprint density at radius 1 is 0.900 bits per heavy atom. The molecule has 0 radical (unpaired) electrons. The van der Waals surface area contributed by atoms with Crippen LogP contribution in [-0.4, -0.2) is 0 Å². The number of hydrogen-bond donors (Lipinski definition) is 1. The summed E-state index contributed by atoms with van der Waals surface area (Å²) in [6.07, 6.45) is 0. The topological polar surface area (TPSA) is 35.8 Å². The molecule has 0 aliphatic carbocycles. The van der Waals surface area contributed by atoms with Crippen LogP contribution in [0.1, 0.15) is 11.1 Å². The Labute approximate surface area is 112 Å². The Morgan fingerprint density at radius 2 is 1.60 bits per heavy atom. The fourth-order valence-electron chi connectivity index (χ4n) is 1.62. The van der Waals surface area contributed by atoms with E-state index in [2.05, 4.69) is 5.32 Å². The van der Waals surface area contributed by atoms with Gasteiger partial charge in [0.25, 0.3) is 0 Å². The Balaban J connectivity index is 2.17. The lowest BCUT2D eigenvalue weighted by atomic mass is 10.1. The molecule has 0 aliphatic heterocycles. The van der Waals surface area contributed by atoms with Crippen molar-refractivity contribution in [3.05, 3.63) is 64.7 Å². The van der Waals surface area contributed by atoms with E-state index in [-0.39, 0.29) is 23.4 Å². The molecule has 0 fully saturated rings. The maximum Gasteiger partial charge on any atom is 0.161 e. The highest BCUT2D eigenvalue weighted by atomic mass is 19.2. The fraction of sp³-hybridized carbons (Fsp3) is 0.0714. The van der Waals surface area contributed by atoms with Gasteiger partial charge in [0, 0.05) is 18.2 Å². The Bertz CT molecular complexity index is 692. The second kappa shape index (κ2) is 5.61. The molecule has 2 nitrogen and oxygen atoms in total. The van der Waals surface area contributed by atoms with Crippen molar-refractivity contribution >= 4 is 5.69 Å². The van der Waals surface area contributed by atoms with Gasteiger partial charge in [-0.2, -0.15) is 5.26 Å². The lowest BCUT2D eigenvalue weighted by Gasteiger charge is -2.09. The van der Waals surface area contributed by atoms with Gasteiger partial charge in [-0.05, 0) is 24.3 Å². The smallest absolute Gasteiger partial charge is 0.161 e. The van der Waals surface area contributed by atoms with Gasteiger partial charge in [-0.15, -0.1) is 0 Å². The third-order valence-electron chi connectivity index (χ3n) is 2.66. The summed E-state index contributed by atoms with van der Waals surface area (Å²) in [4.78, 5) is 0. The number of halogens is 4. The zero-order valence-corrected chi connectivity index (χ0v) is 10.1. The van der Waals surface area contributed by atoms with E-state index in [0.717, 1.165) is 6.07 Å². The quantitative estimate of drug-likeness (QED) is 0.687. The first-order valence-corrected chi connectivity index (χ1v) is 5.58. The molecule has 2 aromatic carbocycles. The highest BCUT2D eigenvalue weighted by Gasteiger charge is 2.10. The van der Waals surface area contributed by atoms with E-state index in [9.17, 15) is 17.6 Å². The van der Waals surface area contributed by atoms with Crippen molar-refractivity contribution in [3.63, 3.8) is 0 Å². The number of benzene rings is 2. The van der Waals surface area contributed by atoms with Gasteiger partial charge in [0.15, 0.2) is 11.6 Å². The zero-order chi connectivity index (χ0) is 14.7. The summed E-state index contributed by atoms with van der Waals surface area (Å²) in [6, 6.07) is 6.62. The highest BCUT2D eigenvalue weighted by molar-refractivity contribution is 5.49. The van der Waals surface area contributed by atoms with Crippen molar-refractivity contribution in [2.45, 2.75) is 6.54 Å². The maximum atomic E-state index is 13.5. The van der Waals surface area contributed by atoms with Crippen LogP contribution in [0.4, 0.5) is 23.2 Å². The van der Waals surface area contributed by atoms with Gasteiger partial charge in [-0.1, -0.05) is 0 Å². The zero-order valence-electron chi connectivity index (χ0n) is 10.1. The Kier molecular flexibility index (Phi) is 3.89. The van der Waals surface area contributed by atoms with Crippen LogP contribution in [0.2, 0.25) is 0 Å². The van der Waals surface area contributed by atoms with E-state index in [4.69, 9.17) is 5.26 Å². The Morgan fingerprint density at radius 3 is 2.25 bits per heavy atom. The molecule has 0 heterocycles. The SMILES string of the molecule is N#Cc1ccc(NCc2cc(F)c(F)cc2F)c(F)c1. The molecule has 102 valence electrons. The maximum absolute atomic E-state index is 13.5. The second-order valence-corrected chi connectivity index (χ2v) is 4.02. The molecule has 1 N–H and O–H groups in total. The molecule has 2 aromatic rings. The van der Waals surface area contributed by atoms with E-state index in [0.29, 0.717) is 12.1 Å². The van der Waals surface area contributed by atoms with Gasteiger partial charge in [0.1, 0.15) is 11.6 Å². The number of hydrogen-bond acceptors (Lipinski definition) is 2. The minimum atomic E-state index is -1.28. The van der Waals surface area contributed by atoms with Crippen LogP contribution in [0, 0.1) is 34.6 Å². The Hall–Kier alpha value is -2.55. The molecule has 0 saturated heterocycles. The molecule has 0 unspecified atom stereocenters. The molecule has 0 saturated carbocycles. The number of anilines is 1. The number of nitrogens with zero attached hydrogens (tertiary/aromatic N) is 1. The van der Waals surface area contributed by atoms with Gasteiger partial charge in [0.05, 0.1) is 17.3 Å². The van der Waals surface area contributed by atoms with Crippen LogP contribution in [0.5, 0.6) is 0 Å². The number of nitrogens with one attached hydrogen (secondary N) is 1. The number of nitriles is 1. The van der Waals surface area contributed by atoms with Crippen molar-refractivity contribution in [1.82, 2.24) is 0 Å². The van der Waals surface area contributed by atoms with Gasteiger partial charge in [-0.25, -0.2) is 17.6 Å². The second-order valence-electron chi connectivity index (χ2n) is 4.02. The first kappa shape index (κ1) is 13.9. The third-order valence-corrected chi connectivity index (χ3v) is 2.66. The van der Waals surface area contributed by atoms with Crippen molar-refractivity contribution in [2.24, 2.45) is 0 Å². The van der Waals surface area contributed by atoms with Crippen molar-refractivity contribution in [1.29, 1.82) is 5.26 Å². The minimum Gasteiger partial charge on any atom is -0.378 e. The van der Waals surface area contributed by atoms with Crippen LogP contribution in [-0.2, 0) is 6.54 Å². The summed E-state index contributed by atoms with van der Waals surface area (Å²) in [6.45, 7) is -0.216. The molecular weight excluding hydrogens is 272 g/mol. The highest BCUT2D eigenvalue weighted by Crippen LogP contribution is 2.18. The van der Waals surface area contributed by atoms with E-state index in [1.54, 1.807) is 6.07 Å². The minimum absolute atomic E-state index is 0.0353. The molecule has 20 heavy (non-hydrogen) atoms.